The fourth-order valence-corrected chi connectivity index (χ4v) is 3.70. The summed E-state index contributed by atoms with van der Waals surface area (Å²) in [5.41, 5.74) is 0.436. The molecule has 86 valence electrons. The number of rotatable bonds is 9. The van der Waals surface area contributed by atoms with Gasteiger partial charge in [-0.2, -0.15) is 0 Å². The van der Waals surface area contributed by atoms with Crippen molar-refractivity contribution in [3.63, 3.8) is 0 Å². The normalized spacial score (nSPS) is 12.0. The van der Waals surface area contributed by atoms with E-state index in [0.29, 0.717) is 5.41 Å². The molecule has 0 fully saturated rings. The van der Waals surface area contributed by atoms with Crippen molar-refractivity contribution in [2.45, 2.75) is 39.5 Å². The summed E-state index contributed by atoms with van der Waals surface area (Å²) in [5.74, 6) is 0. The third-order valence-electron chi connectivity index (χ3n) is 2.55. The van der Waals surface area contributed by atoms with Gasteiger partial charge in [-0.15, -0.1) is 0 Å². The van der Waals surface area contributed by atoms with Crippen LogP contribution in [0.5, 0.6) is 0 Å². The quantitative estimate of drug-likeness (QED) is 0.450. The zero-order valence-corrected chi connectivity index (χ0v) is 12.5. The molecule has 0 saturated carbocycles. The molecule has 0 N–H and O–H groups in total. The van der Waals surface area contributed by atoms with Gasteiger partial charge in [0, 0.05) is 23.9 Å². The van der Waals surface area contributed by atoms with Crippen LogP contribution >= 0.6 is 31.9 Å². The topological polar surface area (TPSA) is 9.23 Å². The van der Waals surface area contributed by atoms with Gasteiger partial charge < -0.3 is 4.74 Å². The summed E-state index contributed by atoms with van der Waals surface area (Å²) in [6.07, 6.45) is 4.96. The van der Waals surface area contributed by atoms with Crippen molar-refractivity contribution in [2.75, 3.05) is 23.9 Å². The molecule has 0 spiro atoms. The molecule has 0 unspecified atom stereocenters. The zero-order valence-electron chi connectivity index (χ0n) is 9.32. The van der Waals surface area contributed by atoms with Gasteiger partial charge in [-0.25, -0.2) is 0 Å². The first-order chi connectivity index (χ1) is 6.74. The second kappa shape index (κ2) is 9.17. The maximum absolute atomic E-state index is 5.37. The minimum Gasteiger partial charge on any atom is -0.382 e. The highest BCUT2D eigenvalue weighted by Gasteiger charge is 2.25. The predicted molar refractivity (Wildman–Crippen MR) is 70.7 cm³/mol. The minimum absolute atomic E-state index is 0.436. The van der Waals surface area contributed by atoms with Gasteiger partial charge in [0.15, 0.2) is 0 Å². The van der Waals surface area contributed by atoms with Crippen LogP contribution in [0.4, 0.5) is 0 Å². The standard InChI is InChI=1S/C11H22Br2O/c1-3-6-11(9-12,10-13)7-5-8-14-4-2/h3-10H2,1-2H3. The van der Waals surface area contributed by atoms with Crippen LogP contribution in [-0.2, 0) is 4.74 Å². The summed E-state index contributed by atoms with van der Waals surface area (Å²) >= 11 is 7.27. The first-order valence-electron chi connectivity index (χ1n) is 5.44. The molecule has 3 heteroatoms. The molecule has 1 nitrogen and oxygen atoms in total. The molecule has 0 aromatic heterocycles. The highest BCUT2D eigenvalue weighted by Crippen LogP contribution is 2.33. The van der Waals surface area contributed by atoms with Crippen molar-refractivity contribution in [2.24, 2.45) is 5.41 Å². The summed E-state index contributed by atoms with van der Waals surface area (Å²) < 4.78 is 5.37. The van der Waals surface area contributed by atoms with Crippen molar-refractivity contribution in [1.82, 2.24) is 0 Å². The van der Waals surface area contributed by atoms with Gasteiger partial charge in [-0.05, 0) is 31.6 Å². The lowest BCUT2D eigenvalue weighted by Gasteiger charge is -2.29. The van der Waals surface area contributed by atoms with E-state index in [-0.39, 0.29) is 0 Å². The monoisotopic (exact) mass is 328 g/mol. The molecule has 0 amide bonds. The summed E-state index contributed by atoms with van der Waals surface area (Å²) in [4.78, 5) is 0. The van der Waals surface area contributed by atoms with E-state index in [0.717, 1.165) is 23.9 Å². The Morgan fingerprint density at radius 2 is 1.71 bits per heavy atom. The van der Waals surface area contributed by atoms with Gasteiger partial charge in [0.25, 0.3) is 0 Å². The van der Waals surface area contributed by atoms with Crippen LogP contribution < -0.4 is 0 Å². The van der Waals surface area contributed by atoms with E-state index in [1.165, 1.54) is 25.7 Å². The van der Waals surface area contributed by atoms with E-state index in [4.69, 9.17) is 4.74 Å². The number of hydrogen-bond acceptors (Lipinski definition) is 1. The second-order valence-corrected chi connectivity index (χ2v) is 4.94. The van der Waals surface area contributed by atoms with Crippen molar-refractivity contribution < 1.29 is 4.74 Å². The van der Waals surface area contributed by atoms with Crippen LogP contribution in [0.15, 0.2) is 0 Å². The number of ether oxygens (including phenoxy) is 1. The molecule has 0 rings (SSSR count). The Hall–Kier alpha value is 0.920. The van der Waals surface area contributed by atoms with Gasteiger partial charge >= 0.3 is 0 Å². The van der Waals surface area contributed by atoms with E-state index >= 15 is 0 Å². The second-order valence-electron chi connectivity index (χ2n) is 3.82. The Bertz CT molecular complexity index is 124. The van der Waals surface area contributed by atoms with Gasteiger partial charge in [-0.1, -0.05) is 45.2 Å². The van der Waals surface area contributed by atoms with Gasteiger partial charge in [0.1, 0.15) is 0 Å². The van der Waals surface area contributed by atoms with Crippen molar-refractivity contribution in [3.8, 4) is 0 Å². The lowest BCUT2D eigenvalue weighted by atomic mass is 9.83. The third-order valence-corrected chi connectivity index (χ3v) is 4.93. The van der Waals surface area contributed by atoms with E-state index < -0.39 is 0 Å². The average Bonchev–Trinajstić information content (AvgIpc) is 2.23. The van der Waals surface area contributed by atoms with Crippen LogP contribution in [0.1, 0.15) is 39.5 Å². The largest absolute Gasteiger partial charge is 0.382 e. The highest BCUT2D eigenvalue weighted by atomic mass is 79.9. The molecule has 0 saturated heterocycles. The molecule has 0 radical (unpaired) electrons. The Labute approximate surface area is 105 Å². The number of alkyl halides is 2. The third kappa shape index (κ3) is 5.72. The fraction of sp³-hybridized carbons (Fsp3) is 1.00. The molecular weight excluding hydrogens is 308 g/mol. The summed E-state index contributed by atoms with van der Waals surface area (Å²) in [6.45, 7) is 6.04. The zero-order chi connectivity index (χ0) is 10.9. The van der Waals surface area contributed by atoms with Crippen molar-refractivity contribution >= 4 is 31.9 Å². The molecule has 0 aliphatic rings. The van der Waals surface area contributed by atoms with E-state index in [1.807, 2.05) is 6.92 Å². The maximum Gasteiger partial charge on any atom is 0.0466 e. The van der Waals surface area contributed by atoms with Crippen LogP contribution in [-0.4, -0.2) is 23.9 Å². The summed E-state index contributed by atoms with van der Waals surface area (Å²) in [7, 11) is 0. The lowest BCUT2D eigenvalue weighted by Crippen LogP contribution is -2.25. The van der Waals surface area contributed by atoms with Crippen molar-refractivity contribution in [3.05, 3.63) is 0 Å². The summed E-state index contributed by atoms with van der Waals surface area (Å²) in [5, 5.41) is 2.18. The van der Waals surface area contributed by atoms with E-state index in [2.05, 4.69) is 38.8 Å². The SMILES string of the molecule is CCCC(CBr)(CBr)CCCOCC. The molecule has 0 aromatic rings. The van der Waals surface area contributed by atoms with Crippen LogP contribution in [0.2, 0.25) is 0 Å². The first-order valence-corrected chi connectivity index (χ1v) is 7.68. The van der Waals surface area contributed by atoms with Crippen LogP contribution in [0, 0.1) is 5.41 Å². The van der Waals surface area contributed by atoms with Crippen LogP contribution in [0.25, 0.3) is 0 Å². The van der Waals surface area contributed by atoms with Crippen molar-refractivity contribution in [1.29, 1.82) is 0 Å². The van der Waals surface area contributed by atoms with Gasteiger partial charge in [-0.3, -0.25) is 0 Å². The predicted octanol–water partition coefficient (Wildman–Crippen LogP) is 4.38. The molecule has 0 bridgehead atoms. The number of hydrogen-bond donors (Lipinski definition) is 0. The summed E-state index contributed by atoms with van der Waals surface area (Å²) in [6, 6.07) is 0. The Balaban J connectivity index is 3.82. The van der Waals surface area contributed by atoms with E-state index in [1.54, 1.807) is 0 Å². The molecule has 0 aliphatic heterocycles. The Morgan fingerprint density at radius 3 is 2.14 bits per heavy atom. The van der Waals surface area contributed by atoms with Gasteiger partial charge in [0.05, 0.1) is 0 Å². The van der Waals surface area contributed by atoms with E-state index in [9.17, 15) is 0 Å². The molecule has 14 heavy (non-hydrogen) atoms. The van der Waals surface area contributed by atoms with Crippen LogP contribution in [0.3, 0.4) is 0 Å². The molecule has 0 heterocycles. The molecular formula is C11H22Br2O. The number of halogens is 2. The maximum atomic E-state index is 5.37. The minimum atomic E-state index is 0.436. The lowest BCUT2D eigenvalue weighted by molar-refractivity contribution is 0.132. The fourth-order valence-electron chi connectivity index (χ4n) is 1.65. The average molecular weight is 330 g/mol. The molecule has 0 aliphatic carbocycles. The Kier molecular flexibility index (Phi) is 9.77. The highest BCUT2D eigenvalue weighted by molar-refractivity contribution is 9.09. The molecule has 0 atom stereocenters. The van der Waals surface area contributed by atoms with Gasteiger partial charge in [0.2, 0.25) is 0 Å². The smallest absolute Gasteiger partial charge is 0.0466 e. The first kappa shape index (κ1) is 14.9. The Morgan fingerprint density at radius 1 is 1.07 bits per heavy atom. The molecule has 0 aromatic carbocycles.